The molecule has 1 aliphatic rings. The second kappa shape index (κ2) is 8.87. The van der Waals surface area contributed by atoms with Gasteiger partial charge in [0.25, 0.3) is 11.8 Å². The molecule has 3 heterocycles. The maximum Gasteiger partial charge on any atom is 0.270 e. The fraction of sp³-hybridized carbons (Fsp3) is 0.259. The molecule has 1 fully saturated rings. The van der Waals surface area contributed by atoms with Gasteiger partial charge in [-0.1, -0.05) is 48.5 Å². The van der Waals surface area contributed by atoms with Crippen LogP contribution in [0.3, 0.4) is 0 Å². The molecule has 0 bridgehead atoms. The average Bonchev–Trinajstić information content (AvgIpc) is 3.45. The number of aromatic nitrogens is 1. The first-order valence-electron chi connectivity index (χ1n) is 11.3. The van der Waals surface area contributed by atoms with Gasteiger partial charge in [-0.05, 0) is 49.1 Å². The van der Waals surface area contributed by atoms with Gasteiger partial charge in [-0.15, -0.1) is 11.3 Å². The smallest absolute Gasteiger partial charge is 0.270 e. The number of nitrogens with zero attached hydrogens (tertiary/aromatic N) is 3. The molecule has 5 rings (SSSR count). The molecule has 168 valence electrons. The van der Waals surface area contributed by atoms with Crippen molar-refractivity contribution in [3.63, 3.8) is 0 Å². The molecule has 2 aromatic heterocycles. The van der Waals surface area contributed by atoms with Crippen molar-refractivity contribution in [2.75, 3.05) is 19.6 Å². The van der Waals surface area contributed by atoms with E-state index >= 15 is 0 Å². The molecule has 6 heteroatoms. The van der Waals surface area contributed by atoms with E-state index in [-0.39, 0.29) is 23.9 Å². The zero-order chi connectivity index (χ0) is 22.9. The molecule has 0 aliphatic carbocycles. The van der Waals surface area contributed by atoms with Crippen molar-refractivity contribution >= 4 is 33.4 Å². The van der Waals surface area contributed by atoms with Crippen LogP contribution in [0.15, 0.2) is 78.2 Å². The number of hydrogen-bond donors (Lipinski definition) is 0. The molecule has 1 aliphatic heterocycles. The van der Waals surface area contributed by atoms with Crippen molar-refractivity contribution in [1.29, 1.82) is 0 Å². The Labute approximate surface area is 197 Å². The fourth-order valence-electron chi connectivity index (χ4n) is 4.73. The number of hydrogen-bond acceptors (Lipinski definition) is 3. The standard InChI is InChI=1S/C27H27N3O2S/c1-19-18-28(14-15-29(19)25(31)22-11-7-4-8-12-22)26(32)24-17-23-13-16-33-27(23)30(24)20(2)21-9-5-3-6-10-21/h3-13,16-17,19-20H,14-15,18H2,1-2H3/t19-,20-/m0/s1. The van der Waals surface area contributed by atoms with Crippen molar-refractivity contribution in [3.8, 4) is 0 Å². The molecule has 0 unspecified atom stereocenters. The van der Waals surface area contributed by atoms with Crippen LogP contribution in [0.5, 0.6) is 0 Å². The first-order valence-corrected chi connectivity index (χ1v) is 12.2. The fourth-order valence-corrected chi connectivity index (χ4v) is 5.70. The quantitative estimate of drug-likeness (QED) is 0.418. The molecule has 4 aromatic rings. The topological polar surface area (TPSA) is 45.6 Å². The van der Waals surface area contributed by atoms with Gasteiger partial charge in [-0.2, -0.15) is 0 Å². The summed E-state index contributed by atoms with van der Waals surface area (Å²) in [6, 6.07) is 23.7. The average molecular weight is 458 g/mol. The van der Waals surface area contributed by atoms with Gasteiger partial charge in [0.15, 0.2) is 0 Å². The van der Waals surface area contributed by atoms with E-state index in [0.717, 1.165) is 10.2 Å². The molecule has 2 aromatic carbocycles. The molecule has 5 nitrogen and oxygen atoms in total. The van der Waals surface area contributed by atoms with Gasteiger partial charge >= 0.3 is 0 Å². The maximum absolute atomic E-state index is 13.7. The Hall–Kier alpha value is -3.38. The van der Waals surface area contributed by atoms with Crippen LogP contribution >= 0.6 is 11.3 Å². The first-order chi connectivity index (χ1) is 16.0. The van der Waals surface area contributed by atoms with Crippen LogP contribution in [0.4, 0.5) is 0 Å². The van der Waals surface area contributed by atoms with Crippen molar-refractivity contribution in [2.45, 2.75) is 25.9 Å². The second-order valence-electron chi connectivity index (χ2n) is 8.63. The predicted molar refractivity (Wildman–Crippen MR) is 133 cm³/mol. The summed E-state index contributed by atoms with van der Waals surface area (Å²) in [6.45, 7) is 5.75. The second-order valence-corrected chi connectivity index (χ2v) is 9.53. The summed E-state index contributed by atoms with van der Waals surface area (Å²) in [5.74, 6) is 0.0524. The third-order valence-electron chi connectivity index (χ3n) is 6.53. The highest BCUT2D eigenvalue weighted by molar-refractivity contribution is 7.16. The summed E-state index contributed by atoms with van der Waals surface area (Å²) < 4.78 is 2.17. The van der Waals surface area contributed by atoms with Crippen molar-refractivity contribution in [3.05, 3.63) is 95.0 Å². The number of piperazine rings is 1. The van der Waals surface area contributed by atoms with Gasteiger partial charge in [0, 0.05) is 36.6 Å². The van der Waals surface area contributed by atoms with Crippen molar-refractivity contribution in [1.82, 2.24) is 14.4 Å². The molecule has 0 spiro atoms. The minimum atomic E-state index is -0.0496. The predicted octanol–water partition coefficient (Wildman–Crippen LogP) is 5.30. The van der Waals surface area contributed by atoms with Gasteiger partial charge < -0.3 is 14.4 Å². The monoisotopic (exact) mass is 457 g/mol. The van der Waals surface area contributed by atoms with Crippen LogP contribution in [0.25, 0.3) is 10.2 Å². The van der Waals surface area contributed by atoms with E-state index in [0.29, 0.717) is 30.9 Å². The van der Waals surface area contributed by atoms with E-state index in [2.05, 4.69) is 35.1 Å². The van der Waals surface area contributed by atoms with Gasteiger partial charge in [0.1, 0.15) is 10.5 Å². The zero-order valence-electron chi connectivity index (χ0n) is 18.8. The Morgan fingerprint density at radius 2 is 1.64 bits per heavy atom. The summed E-state index contributed by atoms with van der Waals surface area (Å²) in [5.41, 5.74) is 2.57. The van der Waals surface area contributed by atoms with Gasteiger partial charge in [0.05, 0.1) is 6.04 Å². The number of thiophene rings is 1. The molecule has 2 atom stereocenters. The molecular formula is C27H27N3O2S. The largest absolute Gasteiger partial charge is 0.334 e. The summed E-state index contributed by atoms with van der Waals surface area (Å²) in [7, 11) is 0. The summed E-state index contributed by atoms with van der Waals surface area (Å²) in [5, 5.41) is 3.17. The lowest BCUT2D eigenvalue weighted by atomic mass is 10.1. The zero-order valence-corrected chi connectivity index (χ0v) is 19.7. The maximum atomic E-state index is 13.7. The minimum absolute atomic E-state index is 0.0248. The van der Waals surface area contributed by atoms with E-state index in [4.69, 9.17) is 0 Å². The summed E-state index contributed by atoms with van der Waals surface area (Å²) in [6.07, 6.45) is 0. The van der Waals surface area contributed by atoms with Crippen LogP contribution in [-0.4, -0.2) is 51.9 Å². The highest BCUT2D eigenvalue weighted by Crippen LogP contribution is 2.32. The Morgan fingerprint density at radius 3 is 2.33 bits per heavy atom. The molecule has 33 heavy (non-hydrogen) atoms. The Morgan fingerprint density at radius 1 is 0.939 bits per heavy atom. The number of amides is 2. The normalized spacial score (nSPS) is 17.3. The van der Waals surface area contributed by atoms with Crippen molar-refractivity contribution in [2.24, 2.45) is 0 Å². The van der Waals surface area contributed by atoms with Gasteiger partial charge in [-0.3, -0.25) is 9.59 Å². The van der Waals surface area contributed by atoms with E-state index in [1.54, 1.807) is 11.3 Å². The third-order valence-corrected chi connectivity index (χ3v) is 7.46. The van der Waals surface area contributed by atoms with E-state index in [9.17, 15) is 9.59 Å². The van der Waals surface area contributed by atoms with Crippen molar-refractivity contribution < 1.29 is 9.59 Å². The van der Waals surface area contributed by atoms with Gasteiger partial charge in [-0.25, -0.2) is 0 Å². The highest BCUT2D eigenvalue weighted by Gasteiger charge is 2.32. The summed E-state index contributed by atoms with van der Waals surface area (Å²) >= 11 is 1.66. The third kappa shape index (κ3) is 3.95. The number of carbonyl (C=O) groups excluding carboxylic acids is 2. The number of rotatable bonds is 4. The number of carbonyl (C=O) groups is 2. The molecule has 2 amide bonds. The SMILES string of the molecule is C[C@H]1CN(C(=O)c2cc3ccsc3n2[C@@H](C)c2ccccc2)CCN1C(=O)c1ccccc1. The molecular weight excluding hydrogens is 430 g/mol. The van der Waals surface area contributed by atoms with Crippen LogP contribution in [0, 0.1) is 0 Å². The van der Waals surface area contributed by atoms with E-state index < -0.39 is 0 Å². The molecule has 0 N–H and O–H groups in total. The lowest BCUT2D eigenvalue weighted by Crippen LogP contribution is -2.55. The summed E-state index contributed by atoms with van der Waals surface area (Å²) in [4.78, 5) is 31.6. The Bertz CT molecular complexity index is 1280. The minimum Gasteiger partial charge on any atom is -0.334 e. The van der Waals surface area contributed by atoms with Gasteiger partial charge in [0.2, 0.25) is 0 Å². The Kier molecular flexibility index (Phi) is 5.77. The van der Waals surface area contributed by atoms with Crippen LogP contribution in [0.1, 0.15) is 46.3 Å². The van der Waals surface area contributed by atoms with Crippen LogP contribution in [0.2, 0.25) is 0 Å². The van der Waals surface area contributed by atoms with Crippen LogP contribution < -0.4 is 0 Å². The van der Waals surface area contributed by atoms with E-state index in [1.807, 2.05) is 71.3 Å². The lowest BCUT2D eigenvalue weighted by molar-refractivity contribution is 0.0409. The number of benzene rings is 2. The van der Waals surface area contributed by atoms with E-state index in [1.165, 1.54) is 5.56 Å². The molecule has 0 saturated carbocycles. The number of fused-ring (bicyclic) bond motifs is 1. The first kappa shape index (κ1) is 21.5. The van der Waals surface area contributed by atoms with Crippen LogP contribution in [-0.2, 0) is 0 Å². The Balaban J connectivity index is 1.40. The molecule has 0 radical (unpaired) electrons. The lowest BCUT2D eigenvalue weighted by Gasteiger charge is -2.40. The molecule has 1 saturated heterocycles. The highest BCUT2D eigenvalue weighted by atomic mass is 32.1.